The standard InChI is InChI=1S/C16H12Cl2NO2S2/c17-14-5-1-12(2-6-14)10-22-16(9-19(20)21)23-11-13-3-7-15(18)8-4-13/h1-8H,10-11H2/q-1. The highest BCUT2D eigenvalue weighted by Crippen LogP contribution is 2.33. The van der Waals surface area contributed by atoms with Crippen LogP contribution < -0.4 is 0 Å². The highest BCUT2D eigenvalue weighted by molar-refractivity contribution is 8.21. The number of rotatable bonds is 7. The van der Waals surface area contributed by atoms with E-state index in [1.165, 1.54) is 23.5 Å². The van der Waals surface area contributed by atoms with Gasteiger partial charge in [0, 0.05) is 21.6 Å². The van der Waals surface area contributed by atoms with Gasteiger partial charge in [-0.2, -0.15) is 0 Å². The largest absolute Gasteiger partial charge is 0.297 e. The molecule has 0 N–H and O–H groups in total. The third kappa shape index (κ3) is 6.87. The molecule has 0 aliphatic heterocycles. The molecule has 2 aromatic carbocycles. The molecule has 0 bridgehead atoms. The molecule has 0 aliphatic rings. The Bertz CT molecular complexity index is 637. The van der Waals surface area contributed by atoms with Crippen LogP contribution in [-0.4, -0.2) is 4.92 Å². The van der Waals surface area contributed by atoms with Crippen molar-refractivity contribution in [3.8, 4) is 0 Å². The monoisotopic (exact) mass is 384 g/mol. The van der Waals surface area contributed by atoms with Crippen molar-refractivity contribution < 1.29 is 4.92 Å². The van der Waals surface area contributed by atoms with Gasteiger partial charge in [-0.05, 0) is 35.4 Å². The molecule has 120 valence electrons. The van der Waals surface area contributed by atoms with E-state index in [1.807, 2.05) is 24.3 Å². The smallest absolute Gasteiger partial charge is 0.0406 e. The lowest BCUT2D eigenvalue weighted by Crippen LogP contribution is -1.89. The van der Waals surface area contributed by atoms with Crippen LogP contribution in [0, 0.1) is 16.3 Å². The molecule has 0 amide bonds. The van der Waals surface area contributed by atoms with Crippen LogP contribution in [0.15, 0.2) is 52.8 Å². The Morgan fingerprint density at radius 2 is 1.30 bits per heavy atom. The number of halogens is 2. The van der Waals surface area contributed by atoms with Crippen molar-refractivity contribution in [1.29, 1.82) is 0 Å². The summed E-state index contributed by atoms with van der Waals surface area (Å²) in [4.78, 5) is 10.2. The molecule has 7 heteroatoms. The summed E-state index contributed by atoms with van der Waals surface area (Å²) in [5, 5.41) is 12.1. The number of hydrogen-bond donors (Lipinski definition) is 0. The zero-order chi connectivity index (χ0) is 16.7. The number of benzene rings is 2. The number of thioether (sulfide) groups is 2. The zero-order valence-electron chi connectivity index (χ0n) is 11.9. The second kappa shape index (κ2) is 9.23. The van der Waals surface area contributed by atoms with E-state index in [9.17, 15) is 10.1 Å². The molecule has 0 unspecified atom stereocenters. The van der Waals surface area contributed by atoms with E-state index in [-0.39, 0.29) is 0 Å². The van der Waals surface area contributed by atoms with Crippen molar-refractivity contribution in [3.63, 3.8) is 0 Å². The summed E-state index contributed by atoms with van der Waals surface area (Å²) in [6.07, 6.45) is 2.26. The minimum atomic E-state index is -0.543. The van der Waals surface area contributed by atoms with Gasteiger partial charge in [-0.3, -0.25) is 10.1 Å². The Morgan fingerprint density at radius 1 is 0.913 bits per heavy atom. The number of nitro groups is 1. The maximum absolute atomic E-state index is 10.7. The fraction of sp³-hybridized carbons (Fsp3) is 0.125. The Morgan fingerprint density at radius 3 is 1.65 bits per heavy atom. The van der Waals surface area contributed by atoms with E-state index < -0.39 is 4.92 Å². The van der Waals surface area contributed by atoms with Crippen molar-refractivity contribution in [2.75, 3.05) is 0 Å². The molecule has 0 saturated heterocycles. The van der Waals surface area contributed by atoms with E-state index in [0.717, 1.165) is 11.1 Å². The molecular formula is C16H12Cl2NO2S2-. The minimum absolute atomic E-state index is 0.542. The SMILES string of the molecule is O=[N+]([O-])[C-]=C(SCc1ccc(Cl)cc1)SCc1ccc(Cl)cc1. The van der Waals surface area contributed by atoms with Gasteiger partial charge < -0.3 is 0 Å². The van der Waals surface area contributed by atoms with Crippen LogP contribution in [0.5, 0.6) is 0 Å². The Balaban J connectivity index is 1.95. The average molecular weight is 385 g/mol. The lowest BCUT2D eigenvalue weighted by atomic mass is 10.2. The summed E-state index contributed by atoms with van der Waals surface area (Å²) in [6, 6.07) is 14.8. The van der Waals surface area contributed by atoms with Gasteiger partial charge in [0.25, 0.3) is 0 Å². The van der Waals surface area contributed by atoms with Crippen LogP contribution in [0.25, 0.3) is 0 Å². The zero-order valence-corrected chi connectivity index (χ0v) is 15.0. The van der Waals surface area contributed by atoms with E-state index in [2.05, 4.69) is 6.20 Å². The second-order valence-electron chi connectivity index (χ2n) is 4.49. The van der Waals surface area contributed by atoms with Crippen molar-refractivity contribution >= 4 is 46.7 Å². The van der Waals surface area contributed by atoms with Gasteiger partial charge in [0.2, 0.25) is 0 Å². The summed E-state index contributed by atoms with van der Waals surface area (Å²) in [5.41, 5.74) is 2.10. The maximum Gasteiger partial charge on any atom is 0.0406 e. The van der Waals surface area contributed by atoms with E-state index in [0.29, 0.717) is 25.8 Å². The van der Waals surface area contributed by atoms with Crippen molar-refractivity contribution in [2.24, 2.45) is 0 Å². The molecular weight excluding hydrogens is 373 g/mol. The molecule has 23 heavy (non-hydrogen) atoms. The number of hydrogen-bond acceptors (Lipinski definition) is 4. The lowest BCUT2D eigenvalue weighted by Gasteiger charge is -2.12. The van der Waals surface area contributed by atoms with Gasteiger partial charge in [-0.15, -0.1) is 28.4 Å². The molecule has 2 aromatic rings. The van der Waals surface area contributed by atoms with Crippen molar-refractivity contribution in [1.82, 2.24) is 0 Å². The first-order chi connectivity index (χ1) is 11.0. The molecule has 0 aliphatic carbocycles. The first-order valence-electron chi connectivity index (χ1n) is 6.55. The molecule has 0 aromatic heterocycles. The Hall–Kier alpha value is -1.14. The van der Waals surface area contributed by atoms with Crippen LogP contribution in [0.2, 0.25) is 10.0 Å². The first kappa shape index (κ1) is 18.2. The summed E-state index contributed by atoms with van der Waals surface area (Å²) in [5.74, 6) is 1.25. The van der Waals surface area contributed by atoms with Gasteiger partial charge in [0.1, 0.15) is 0 Å². The molecule has 0 fully saturated rings. The average Bonchev–Trinajstić information content (AvgIpc) is 2.52. The quantitative estimate of drug-likeness (QED) is 0.252. The lowest BCUT2D eigenvalue weighted by molar-refractivity contribution is -0.419. The number of nitrogens with zero attached hydrogens (tertiary/aromatic N) is 1. The van der Waals surface area contributed by atoms with Gasteiger partial charge in [-0.25, -0.2) is 0 Å². The molecule has 0 saturated carbocycles. The summed E-state index contributed by atoms with van der Waals surface area (Å²) >= 11 is 14.5. The third-order valence-corrected chi connectivity index (χ3v) is 5.62. The van der Waals surface area contributed by atoms with Gasteiger partial charge in [0.05, 0.1) is 0 Å². The van der Waals surface area contributed by atoms with Gasteiger partial charge >= 0.3 is 0 Å². The second-order valence-corrected chi connectivity index (χ2v) is 7.59. The molecule has 0 heterocycles. The molecule has 0 atom stereocenters. The molecule has 3 nitrogen and oxygen atoms in total. The van der Waals surface area contributed by atoms with Crippen molar-refractivity contribution in [3.05, 3.63) is 90.3 Å². The van der Waals surface area contributed by atoms with Crippen LogP contribution in [0.1, 0.15) is 11.1 Å². The molecule has 2 rings (SSSR count). The predicted octanol–water partition coefficient (Wildman–Crippen LogP) is 6.04. The summed E-state index contributed by atoms with van der Waals surface area (Å²) in [6.45, 7) is 0. The Kier molecular flexibility index (Phi) is 7.30. The highest BCUT2D eigenvalue weighted by atomic mass is 35.5. The van der Waals surface area contributed by atoms with Gasteiger partial charge in [-0.1, -0.05) is 57.9 Å². The van der Waals surface area contributed by atoms with Crippen LogP contribution in [-0.2, 0) is 11.5 Å². The predicted molar refractivity (Wildman–Crippen MR) is 99.2 cm³/mol. The van der Waals surface area contributed by atoms with Gasteiger partial charge in [0.15, 0.2) is 0 Å². The topological polar surface area (TPSA) is 43.1 Å². The van der Waals surface area contributed by atoms with Crippen LogP contribution in [0.3, 0.4) is 0 Å². The van der Waals surface area contributed by atoms with E-state index in [4.69, 9.17) is 23.2 Å². The Labute approximate surface area is 153 Å². The maximum atomic E-state index is 10.7. The van der Waals surface area contributed by atoms with Crippen LogP contribution in [0.4, 0.5) is 0 Å². The van der Waals surface area contributed by atoms with Crippen LogP contribution >= 0.6 is 46.7 Å². The normalized spacial score (nSPS) is 10.3. The third-order valence-electron chi connectivity index (χ3n) is 2.75. The fourth-order valence-corrected chi connectivity index (χ4v) is 3.84. The molecule has 0 radical (unpaired) electrons. The highest BCUT2D eigenvalue weighted by Gasteiger charge is 2.00. The summed E-state index contributed by atoms with van der Waals surface area (Å²) < 4.78 is 0.542. The minimum Gasteiger partial charge on any atom is -0.297 e. The van der Waals surface area contributed by atoms with E-state index >= 15 is 0 Å². The summed E-state index contributed by atoms with van der Waals surface area (Å²) in [7, 11) is 0. The first-order valence-corrected chi connectivity index (χ1v) is 9.28. The molecule has 0 spiro atoms. The van der Waals surface area contributed by atoms with E-state index in [1.54, 1.807) is 24.3 Å². The fourth-order valence-electron chi connectivity index (χ4n) is 1.64. The van der Waals surface area contributed by atoms with Crippen molar-refractivity contribution in [2.45, 2.75) is 11.5 Å².